The van der Waals surface area contributed by atoms with Crippen LogP contribution in [-0.2, 0) is 26.5 Å². The van der Waals surface area contributed by atoms with E-state index in [2.05, 4.69) is 150 Å². The molecule has 0 saturated heterocycles. The predicted octanol–water partition coefficient (Wildman–Crippen LogP) is 12.8. The number of aryl methyl sites for hydroxylation is 1. The van der Waals surface area contributed by atoms with Gasteiger partial charge in [0.1, 0.15) is 5.58 Å². The zero-order chi connectivity index (χ0) is 37.2. The van der Waals surface area contributed by atoms with Crippen molar-refractivity contribution in [1.82, 2.24) is 9.97 Å². The molecule has 5 heteroatoms. The van der Waals surface area contributed by atoms with Gasteiger partial charge in [0, 0.05) is 37.9 Å². The molecule has 0 atom stereocenters. The maximum Gasteiger partial charge on any atom is 0.121 e. The van der Waals surface area contributed by atoms with E-state index in [1.807, 2.05) is 54.7 Å². The fourth-order valence-corrected chi connectivity index (χ4v) is 8.40. The average Bonchev–Trinajstić information content (AvgIpc) is 3.53. The number of furan rings is 1. The van der Waals surface area contributed by atoms with Crippen LogP contribution in [0.5, 0.6) is 0 Å². The Morgan fingerprint density at radius 2 is 1.35 bits per heavy atom. The quantitative estimate of drug-likeness (QED) is 0.123. The predicted molar refractivity (Wildman–Crippen MR) is 226 cm³/mol. The van der Waals surface area contributed by atoms with E-state index >= 15 is 0 Å². The number of fused-ring (bicyclic) bond motifs is 3. The zero-order valence-electron chi connectivity index (χ0n) is 32.1. The van der Waals surface area contributed by atoms with Crippen molar-refractivity contribution in [3.63, 3.8) is 0 Å². The fourth-order valence-electron chi connectivity index (χ4n) is 6.82. The Kier molecular flexibility index (Phi) is 11.6. The molecule has 3 heterocycles. The molecule has 0 aliphatic heterocycles. The van der Waals surface area contributed by atoms with Crippen molar-refractivity contribution < 1.29 is 24.5 Å². The summed E-state index contributed by atoms with van der Waals surface area (Å²) in [4.78, 5) is 9.35. The summed E-state index contributed by atoms with van der Waals surface area (Å²) in [6.45, 7) is 16.2. The van der Waals surface area contributed by atoms with Gasteiger partial charge in [-0.25, -0.2) is 0 Å². The molecule has 0 amide bonds. The van der Waals surface area contributed by atoms with E-state index in [1.54, 1.807) is 0 Å². The summed E-state index contributed by atoms with van der Waals surface area (Å²) >= 11 is 0. The first-order valence-corrected chi connectivity index (χ1v) is 21.9. The van der Waals surface area contributed by atoms with Crippen molar-refractivity contribution in [3.05, 3.63) is 163 Å². The van der Waals surface area contributed by atoms with Gasteiger partial charge in [0.25, 0.3) is 0 Å². The summed E-state index contributed by atoms with van der Waals surface area (Å²) in [5.41, 5.74) is 13.2. The van der Waals surface area contributed by atoms with E-state index in [1.165, 1.54) is 21.9 Å². The van der Waals surface area contributed by atoms with E-state index in [0.717, 1.165) is 67.6 Å². The van der Waals surface area contributed by atoms with E-state index < -0.39 is 8.07 Å². The second kappa shape index (κ2) is 16.2. The molecule has 0 spiro atoms. The van der Waals surface area contributed by atoms with Gasteiger partial charge in [0.15, 0.2) is 0 Å². The molecule has 0 unspecified atom stereocenters. The van der Waals surface area contributed by atoms with Gasteiger partial charge < -0.3 is 14.4 Å². The molecule has 0 aliphatic rings. The van der Waals surface area contributed by atoms with E-state index in [-0.39, 0.29) is 25.5 Å². The largest absolute Gasteiger partial charge is 0.501 e. The molecule has 273 valence electrons. The van der Waals surface area contributed by atoms with Crippen molar-refractivity contribution in [2.75, 3.05) is 0 Å². The second-order valence-electron chi connectivity index (χ2n) is 16.1. The number of hydrogen-bond acceptors (Lipinski definition) is 3. The third kappa shape index (κ3) is 8.88. The van der Waals surface area contributed by atoms with Gasteiger partial charge in [-0.2, -0.15) is 0 Å². The van der Waals surface area contributed by atoms with Gasteiger partial charge in [-0.05, 0) is 69.7 Å². The van der Waals surface area contributed by atoms with Crippen LogP contribution < -0.4 is 5.19 Å². The minimum Gasteiger partial charge on any atom is -0.501 e. The molecule has 5 aromatic carbocycles. The van der Waals surface area contributed by atoms with Crippen LogP contribution in [0.2, 0.25) is 19.6 Å². The van der Waals surface area contributed by atoms with Crippen molar-refractivity contribution >= 4 is 35.2 Å². The first-order chi connectivity index (χ1) is 25.4. The van der Waals surface area contributed by atoms with E-state index in [9.17, 15) is 0 Å². The third-order valence-electron chi connectivity index (χ3n) is 9.44. The van der Waals surface area contributed by atoms with Crippen LogP contribution in [0.3, 0.4) is 0 Å². The van der Waals surface area contributed by atoms with Crippen molar-refractivity contribution in [1.29, 1.82) is 0 Å². The number of pyridine rings is 2. The standard InChI is InChI=1S/C30H20NO.C19H26NSi.Ir/c1-20-10-12-22(13-11-20)23-14-15-25-26-8-5-9-27(30(26)32-29(25)19-23)28-18-24(16-17-31-28)21-6-3-2-4-7-21;1-19(2,3)13-16-12-17(15-10-8-7-9-11-15)20-14-18(16)21(4,5)6;/h2-8,10-19H,1H3;7-10,12,14H,13H2,1-6H3;/q2*-1;. The maximum atomic E-state index is 6.40. The van der Waals surface area contributed by atoms with E-state index in [4.69, 9.17) is 9.40 Å². The smallest absolute Gasteiger partial charge is 0.121 e. The Labute approximate surface area is 334 Å². The summed E-state index contributed by atoms with van der Waals surface area (Å²) in [5, 5.41) is 3.67. The molecule has 8 rings (SSSR count). The second-order valence-corrected chi connectivity index (χ2v) is 21.1. The maximum absolute atomic E-state index is 6.40. The summed E-state index contributed by atoms with van der Waals surface area (Å²) in [6.07, 6.45) is 5.06. The molecule has 3 nitrogen and oxygen atoms in total. The van der Waals surface area contributed by atoms with Crippen molar-refractivity contribution in [2.45, 2.75) is 53.8 Å². The van der Waals surface area contributed by atoms with Gasteiger partial charge in [0.05, 0.1) is 13.7 Å². The van der Waals surface area contributed by atoms with Gasteiger partial charge in [-0.3, -0.25) is 0 Å². The van der Waals surface area contributed by atoms with Gasteiger partial charge in [0.2, 0.25) is 0 Å². The Bertz CT molecular complexity index is 2490. The minimum atomic E-state index is -1.37. The normalized spacial score (nSPS) is 11.5. The number of hydrogen-bond donors (Lipinski definition) is 0. The van der Waals surface area contributed by atoms with Crippen molar-refractivity contribution in [3.8, 4) is 44.8 Å². The Morgan fingerprint density at radius 1 is 0.648 bits per heavy atom. The first-order valence-electron chi connectivity index (χ1n) is 18.4. The summed E-state index contributed by atoms with van der Waals surface area (Å²) in [7, 11) is -1.37. The molecule has 8 aromatic rings. The van der Waals surface area contributed by atoms with Gasteiger partial charge in [-0.15, -0.1) is 54.1 Å². The minimum absolute atomic E-state index is 0. The molecule has 0 saturated carbocycles. The molecular weight excluding hydrogens is 853 g/mol. The van der Waals surface area contributed by atoms with Crippen LogP contribution in [-0.4, -0.2) is 18.0 Å². The third-order valence-corrected chi connectivity index (χ3v) is 11.5. The van der Waals surface area contributed by atoms with Crippen LogP contribution in [0.15, 0.2) is 144 Å². The average molecular weight is 899 g/mol. The van der Waals surface area contributed by atoms with Gasteiger partial charge >= 0.3 is 0 Å². The summed E-state index contributed by atoms with van der Waals surface area (Å²) in [5.74, 6) is 0. The molecule has 54 heavy (non-hydrogen) atoms. The summed E-state index contributed by atoms with van der Waals surface area (Å²) < 4.78 is 6.40. The van der Waals surface area contributed by atoms with Crippen LogP contribution >= 0.6 is 0 Å². The topological polar surface area (TPSA) is 38.9 Å². The Balaban J connectivity index is 0.000000198. The number of aromatic nitrogens is 2. The first kappa shape index (κ1) is 38.8. The number of rotatable bonds is 6. The molecule has 3 aromatic heterocycles. The van der Waals surface area contributed by atoms with E-state index in [0.29, 0.717) is 0 Å². The van der Waals surface area contributed by atoms with Gasteiger partial charge in [-0.1, -0.05) is 141 Å². The van der Waals surface area contributed by atoms with Crippen molar-refractivity contribution in [2.24, 2.45) is 5.41 Å². The Hall–Kier alpha value is -4.93. The fraction of sp³-hybridized carbons (Fsp3) is 0.184. The van der Waals surface area contributed by atoms with Crippen LogP contribution in [0.1, 0.15) is 31.9 Å². The summed E-state index contributed by atoms with van der Waals surface area (Å²) in [6, 6.07) is 50.5. The molecule has 0 N–H and O–H groups in total. The van der Waals surface area contributed by atoms with Crippen LogP contribution in [0, 0.1) is 24.5 Å². The molecule has 0 fully saturated rings. The molecule has 0 aliphatic carbocycles. The molecule has 1 radical (unpaired) electrons. The SMILES string of the molecule is CC(C)(C)Cc1cc(-c2[c-]cccc2)ncc1[Si](C)(C)C.Cc1ccc(-c2ccc3c(c2)oc2c(-c4cc(-c5ccccc5)ccn4)[c-]ccc23)cc1.[Ir]. The van der Waals surface area contributed by atoms with Crippen LogP contribution in [0.4, 0.5) is 0 Å². The molecular formula is C49H46IrN2OSi-2. The zero-order valence-corrected chi connectivity index (χ0v) is 35.5. The monoisotopic (exact) mass is 899 g/mol. The number of benzene rings is 5. The Morgan fingerprint density at radius 3 is 2.06 bits per heavy atom. The number of nitrogens with zero attached hydrogens (tertiary/aromatic N) is 2. The van der Waals surface area contributed by atoms with Crippen LogP contribution in [0.25, 0.3) is 66.7 Å². The molecule has 0 bridgehead atoms.